The summed E-state index contributed by atoms with van der Waals surface area (Å²) in [5.74, 6) is -0.818. The maximum Gasteiger partial charge on any atom is 0.323 e. The van der Waals surface area contributed by atoms with Crippen LogP contribution < -0.4 is 5.32 Å². The number of nitro groups is 1. The summed E-state index contributed by atoms with van der Waals surface area (Å²) in [6.45, 7) is 0. The molecule has 9 heteroatoms. The highest BCUT2D eigenvalue weighted by Gasteiger charge is 2.29. The van der Waals surface area contributed by atoms with E-state index < -0.39 is 10.8 Å². The third-order valence-electron chi connectivity index (χ3n) is 4.83. The molecule has 1 amide bonds. The Morgan fingerprint density at radius 3 is 2.64 bits per heavy atom. The molecule has 1 aliphatic carbocycles. The van der Waals surface area contributed by atoms with E-state index in [-0.39, 0.29) is 17.3 Å². The van der Waals surface area contributed by atoms with E-state index in [4.69, 9.17) is 0 Å². The van der Waals surface area contributed by atoms with Crippen molar-refractivity contribution < 1.29 is 14.5 Å². The van der Waals surface area contributed by atoms with Crippen LogP contribution in [0.25, 0.3) is 0 Å². The predicted octanol–water partition coefficient (Wildman–Crippen LogP) is 3.36. The molecule has 4 rings (SSSR count). The molecule has 0 fully saturated rings. The van der Waals surface area contributed by atoms with Gasteiger partial charge in [0.2, 0.25) is 0 Å². The number of nitrogens with zero attached hydrogens (tertiary/aromatic N) is 3. The predicted molar refractivity (Wildman–Crippen MR) is 104 cm³/mol. The first-order valence-corrected chi connectivity index (χ1v) is 9.49. The van der Waals surface area contributed by atoms with Crippen LogP contribution in [-0.4, -0.2) is 26.2 Å². The summed E-state index contributed by atoms with van der Waals surface area (Å²) in [6.07, 6.45) is 5.77. The Bertz CT molecular complexity index is 1100. The molecule has 1 aliphatic rings. The lowest BCUT2D eigenvalue weighted by Crippen LogP contribution is -2.17. The number of anilines is 1. The summed E-state index contributed by atoms with van der Waals surface area (Å²) in [4.78, 5) is 41.4. The summed E-state index contributed by atoms with van der Waals surface area (Å²) in [5.41, 5.74) is 2.16. The van der Waals surface area contributed by atoms with E-state index in [2.05, 4.69) is 10.3 Å². The summed E-state index contributed by atoms with van der Waals surface area (Å²) in [5, 5.41) is 14.3. The number of thiophene rings is 1. The second-order valence-electron chi connectivity index (χ2n) is 6.47. The molecule has 3 heterocycles. The molecule has 142 valence electrons. The molecule has 0 unspecified atom stereocenters. The van der Waals surface area contributed by atoms with E-state index in [1.807, 2.05) is 0 Å². The van der Waals surface area contributed by atoms with E-state index in [9.17, 15) is 19.7 Å². The van der Waals surface area contributed by atoms with Gasteiger partial charge in [0.1, 0.15) is 5.00 Å². The Kier molecular flexibility index (Phi) is 4.52. The Hall–Kier alpha value is -3.33. The van der Waals surface area contributed by atoms with Crippen LogP contribution in [0.1, 0.15) is 43.3 Å². The number of carbonyl (C=O) groups is 2. The van der Waals surface area contributed by atoms with E-state index >= 15 is 0 Å². The topological polar surface area (TPSA) is 107 Å². The van der Waals surface area contributed by atoms with Crippen molar-refractivity contribution in [3.05, 3.63) is 74.0 Å². The lowest BCUT2D eigenvalue weighted by molar-refractivity contribution is -0.391. The third-order valence-corrected chi connectivity index (χ3v) is 6.04. The van der Waals surface area contributed by atoms with Gasteiger partial charge in [-0.1, -0.05) is 0 Å². The van der Waals surface area contributed by atoms with E-state index in [0.29, 0.717) is 16.1 Å². The zero-order chi connectivity index (χ0) is 19.8. The van der Waals surface area contributed by atoms with Crippen molar-refractivity contribution in [3.63, 3.8) is 0 Å². The summed E-state index contributed by atoms with van der Waals surface area (Å²) in [6, 6.07) is 5.98. The molecule has 0 radical (unpaired) electrons. The molecule has 28 heavy (non-hydrogen) atoms. The average molecular weight is 396 g/mol. The number of amides is 1. The highest BCUT2D eigenvalue weighted by molar-refractivity contribution is 7.17. The standard InChI is InChI=1S/C19H16N4O4S/c1-22-13(5-6-15(22)23(26)27)18(25)21-19-16(12-3-2-4-14(12)28-19)17(24)11-7-9-20-10-8-11/h5-10H,2-4H2,1H3,(H,21,25). The summed E-state index contributed by atoms with van der Waals surface area (Å²) in [7, 11) is 1.46. The monoisotopic (exact) mass is 396 g/mol. The van der Waals surface area contributed by atoms with E-state index in [1.165, 1.54) is 35.1 Å². The smallest absolute Gasteiger partial charge is 0.323 e. The van der Waals surface area contributed by atoms with Gasteiger partial charge in [-0.3, -0.25) is 14.6 Å². The average Bonchev–Trinajstić information content (AvgIpc) is 3.36. The Morgan fingerprint density at radius 2 is 1.96 bits per heavy atom. The van der Waals surface area contributed by atoms with Crippen LogP contribution in [0.3, 0.4) is 0 Å². The molecule has 0 atom stereocenters. The fraction of sp³-hybridized carbons (Fsp3) is 0.211. The largest absolute Gasteiger partial charge is 0.358 e. The van der Waals surface area contributed by atoms with Gasteiger partial charge in [-0.15, -0.1) is 11.3 Å². The lowest BCUT2D eigenvalue weighted by Gasteiger charge is -2.07. The maximum absolute atomic E-state index is 13.1. The first kappa shape index (κ1) is 18.1. The normalized spacial score (nSPS) is 12.6. The number of carbonyl (C=O) groups excluding carboxylic acids is 2. The number of fused-ring (bicyclic) bond motifs is 1. The fourth-order valence-corrected chi connectivity index (χ4v) is 4.74. The van der Waals surface area contributed by atoms with Gasteiger partial charge < -0.3 is 15.4 Å². The second kappa shape index (κ2) is 7.01. The Morgan fingerprint density at radius 1 is 1.21 bits per heavy atom. The van der Waals surface area contributed by atoms with Crippen LogP contribution in [0.5, 0.6) is 0 Å². The van der Waals surface area contributed by atoms with Crippen LogP contribution in [0, 0.1) is 10.1 Å². The van der Waals surface area contributed by atoms with Crippen molar-refractivity contribution in [2.45, 2.75) is 19.3 Å². The molecule has 0 bridgehead atoms. The van der Waals surface area contributed by atoms with Gasteiger partial charge >= 0.3 is 5.82 Å². The minimum Gasteiger partial charge on any atom is -0.358 e. The number of hydrogen-bond donors (Lipinski definition) is 1. The lowest BCUT2D eigenvalue weighted by atomic mass is 10.0. The molecule has 0 saturated heterocycles. The van der Waals surface area contributed by atoms with Gasteiger partial charge in [-0.2, -0.15) is 0 Å². The van der Waals surface area contributed by atoms with Crippen LogP contribution in [0.4, 0.5) is 10.8 Å². The van der Waals surface area contributed by atoms with Crippen molar-refractivity contribution in [2.24, 2.45) is 7.05 Å². The Balaban J connectivity index is 1.70. The molecule has 3 aromatic rings. The number of rotatable bonds is 5. The first-order valence-electron chi connectivity index (χ1n) is 8.68. The van der Waals surface area contributed by atoms with Crippen molar-refractivity contribution >= 4 is 33.8 Å². The molecular formula is C19H16N4O4S. The zero-order valence-corrected chi connectivity index (χ0v) is 15.8. The van der Waals surface area contributed by atoms with Gasteiger partial charge in [0, 0.05) is 28.9 Å². The van der Waals surface area contributed by atoms with Gasteiger partial charge in [0.05, 0.1) is 12.6 Å². The molecular weight excluding hydrogens is 380 g/mol. The molecule has 3 aromatic heterocycles. The van der Waals surface area contributed by atoms with Gasteiger partial charge in [0.15, 0.2) is 11.5 Å². The highest BCUT2D eigenvalue weighted by Crippen LogP contribution is 2.40. The third kappa shape index (κ3) is 2.99. The molecule has 0 aromatic carbocycles. The summed E-state index contributed by atoms with van der Waals surface area (Å²) >= 11 is 1.40. The minimum absolute atomic E-state index is 0.155. The van der Waals surface area contributed by atoms with Crippen molar-refractivity contribution in [1.29, 1.82) is 0 Å². The highest BCUT2D eigenvalue weighted by atomic mass is 32.1. The van der Waals surface area contributed by atoms with E-state index in [0.717, 1.165) is 29.7 Å². The molecule has 0 spiro atoms. The van der Waals surface area contributed by atoms with Gasteiger partial charge in [-0.05, 0) is 47.9 Å². The summed E-state index contributed by atoms with van der Waals surface area (Å²) < 4.78 is 1.22. The van der Waals surface area contributed by atoms with Crippen LogP contribution in [0.15, 0.2) is 36.7 Å². The maximum atomic E-state index is 13.1. The van der Waals surface area contributed by atoms with Crippen molar-refractivity contribution in [3.8, 4) is 0 Å². The molecule has 0 aliphatic heterocycles. The van der Waals surface area contributed by atoms with Crippen LogP contribution >= 0.6 is 11.3 Å². The van der Waals surface area contributed by atoms with E-state index in [1.54, 1.807) is 24.5 Å². The number of aromatic nitrogens is 2. The zero-order valence-electron chi connectivity index (χ0n) is 15.0. The molecule has 8 nitrogen and oxygen atoms in total. The first-order chi connectivity index (χ1) is 13.5. The number of pyridine rings is 1. The van der Waals surface area contributed by atoms with Crippen molar-refractivity contribution in [1.82, 2.24) is 9.55 Å². The van der Waals surface area contributed by atoms with Crippen LogP contribution in [0.2, 0.25) is 0 Å². The number of ketones is 1. The minimum atomic E-state index is -0.547. The Labute approximate surface area is 164 Å². The number of hydrogen-bond acceptors (Lipinski definition) is 6. The SMILES string of the molecule is Cn1c(C(=O)Nc2sc3c(c2C(=O)c2ccncc2)CCC3)ccc1[N+](=O)[O-]. The van der Waals surface area contributed by atoms with Crippen LogP contribution in [-0.2, 0) is 19.9 Å². The molecule has 1 N–H and O–H groups in total. The second-order valence-corrected chi connectivity index (χ2v) is 7.58. The number of nitrogens with one attached hydrogen (secondary N) is 1. The van der Waals surface area contributed by atoms with Crippen molar-refractivity contribution in [2.75, 3.05) is 5.32 Å². The fourth-order valence-electron chi connectivity index (χ4n) is 3.46. The number of aryl methyl sites for hydroxylation is 1. The van der Waals surface area contributed by atoms with Gasteiger partial charge in [-0.25, -0.2) is 4.57 Å². The van der Waals surface area contributed by atoms with Gasteiger partial charge in [0.25, 0.3) is 5.91 Å². The quantitative estimate of drug-likeness (QED) is 0.404. The molecule has 0 saturated carbocycles.